The van der Waals surface area contributed by atoms with E-state index in [0.29, 0.717) is 18.0 Å². The highest BCUT2D eigenvalue weighted by molar-refractivity contribution is 5.95. The van der Waals surface area contributed by atoms with Crippen molar-refractivity contribution >= 4 is 17.5 Å². The second-order valence-corrected chi connectivity index (χ2v) is 5.40. The number of hydrogen-bond acceptors (Lipinski definition) is 2. The molecule has 0 spiro atoms. The summed E-state index contributed by atoms with van der Waals surface area (Å²) in [4.78, 5) is 25.2. The fraction of sp³-hybridized carbons (Fsp3) is 0.500. The first kappa shape index (κ1) is 14.6. The fourth-order valence-corrected chi connectivity index (χ4v) is 2.33. The number of nitrogens with one attached hydrogen (secondary N) is 1. The van der Waals surface area contributed by atoms with Gasteiger partial charge in [-0.3, -0.25) is 4.79 Å². The van der Waals surface area contributed by atoms with Crippen LogP contribution in [0.1, 0.15) is 43.5 Å². The highest BCUT2D eigenvalue weighted by Gasteiger charge is 2.22. The standard InChI is InChI=1S/C16H22N2O2/c1-3-18(11-13-5-4-6-13)16(20)17-15-9-7-14(8-10-15)12(2)19/h7-10,13H,3-6,11H2,1-2H3,(H,17,20). The molecule has 1 N–H and O–H groups in total. The lowest BCUT2D eigenvalue weighted by Crippen LogP contribution is -2.39. The normalized spacial score (nSPS) is 14.5. The van der Waals surface area contributed by atoms with Gasteiger partial charge in [-0.05, 0) is 56.9 Å². The minimum absolute atomic E-state index is 0.0306. The third-order valence-electron chi connectivity index (χ3n) is 3.91. The molecule has 1 aliphatic carbocycles. The first-order chi connectivity index (χ1) is 9.60. The SMILES string of the molecule is CCN(CC1CCC1)C(=O)Nc1ccc(C(C)=O)cc1. The van der Waals surface area contributed by atoms with Crippen LogP contribution in [0.25, 0.3) is 0 Å². The lowest BCUT2D eigenvalue weighted by Gasteiger charge is -2.31. The van der Waals surface area contributed by atoms with Crippen molar-refractivity contribution in [1.82, 2.24) is 4.90 Å². The Balaban J connectivity index is 1.92. The minimum atomic E-state index is -0.0602. The Morgan fingerprint density at radius 1 is 1.25 bits per heavy atom. The quantitative estimate of drug-likeness (QED) is 0.835. The maximum absolute atomic E-state index is 12.2. The number of benzene rings is 1. The summed E-state index contributed by atoms with van der Waals surface area (Å²) in [6, 6.07) is 6.95. The molecule has 20 heavy (non-hydrogen) atoms. The van der Waals surface area contributed by atoms with Crippen molar-refractivity contribution in [2.45, 2.75) is 33.1 Å². The van der Waals surface area contributed by atoms with E-state index in [1.54, 1.807) is 24.3 Å². The van der Waals surface area contributed by atoms with E-state index >= 15 is 0 Å². The molecule has 1 fully saturated rings. The van der Waals surface area contributed by atoms with Gasteiger partial charge in [-0.1, -0.05) is 6.42 Å². The van der Waals surface area contributed by atoms with Crippen molar-refractivity contribution in [1.29, 1.82) is 0 Å². The van der Waals surface area contributed by atoms with Gasteiger partial charge >= 0.3 is 6.03 Å². The van der Waals surface area contributed by atoms with Gasteiger partial charge in [0.2, 0.25) is 0 Å². The molecule has 4 nitrogen and oxygen atoms in total. The minimum Gasteiger partial charge on any atom is -0.325 e. The first-order valence-electron chi connectivity index (χ1n) is 7.27. The van der Waals surface area contributed by atoms with E-state index in [9.17, 15) is 9.59 Å². The predicted octanol–water partition coefficient (Wildman–Crippen LogP) is 3.54. The number of urea groups is 1. The van der Waals surface area contributed by atoms with Gasteiger partial charge in [-0.15, -0.1) is 0 Å². The molecule has 1 aromatic carbocycles. The number of nitrogens with zero attached hydrogens (tertiary/aromatic N) is 1. The van der Waals surface area contributed by atoms with Gasteiger partial charge in [0, 0.05) is 24.3 Å². The molecule has 1 aliphatic rings. The molecule has 1 aromatic rings. The van der Waals surface area contributed by atoms with Crippen LogP contribution >= 0.6 is 0 Å². The van der Waals surface area contributed by atoms with E-state index in [0.717, 1.165) is 12.2 Å². The maximum atomic E-state index is 12.2. The number of anilines is 1. The summed E-state index contributed by atoms with van der Waals surface area (Å²) < 4.78 is 0. The Kier molecular flexibility index (Phi) is 4.77. The van der Waals surface area contributed by atoms with Gasteiger partial charge in [0.1, 0.15) is 0 Å². The number of Topliss-reactive ketones (excluding diaryl/α,β-unsaturated/α-hetero) is 1. The molecule has 0 aromatic heterocycles. The number of amides is 2. The van der Waals surface area contributed by atoms with Crippen molar-refractivity contribution in [3.05, 3.63) is 29.8 Å². The van der Waals surface area contributed by atoms with Crippen molar-refractivity contribution in [2.75, 3.05) is 18.4 Å². The van der Waals surface area contributed by atoms with Crippen molar-refractivity contribution in [2.24, 2.45) is 5.92 Å². The first-order valence-corrected chi connectivity index (χ1v) is 7.27. The molecule has 4 heteroatoms. The molecule has 0 saturated heterocycles. The molecule has 0 aliphatic heterocycles. The number of carbonyl (C=O) groups excluding carboxylic acids is 2. The summed E-state index contributed by atoms with van der Waals surface area (Å²) in [5, 5.41) is 2.89. The molecule has 0 radical (unpaired) electrons. The molecular weight excluding hydrogens is 252 g/mol. The summed E-state index contributed by atoms with van der Waals surface area (Å²) in [7, 11) is 0. The van der Waals surface area contributed by atoms with E-state index < -0.39 is 0 Å². The van der Waals surface area contributed by atoms with Crippen LogP contribution in [0.15, 0.2) is 24.3 Å². The molecule has 2 rings (SSSR count). The van der Waals surface area contributed by atoms with Crippen LogP contribution in [-0.2, 0) is 0 Å². The van der Waals surface area contributed by atoms with E-state index in [1.165, 1.54) is 26.2 Å². The maximum Gasteiger partial charge on any atom is 0.321 e. The largest absolute Gasteiger partial charge is 0.325 e. The highest BCUT2D eigenvalue weighted by atomic mass is 16.2. The third-order valence-corrected chi connectivity index (χ3v) is 3.91. The van der Waals surface area contributed by atoms with Crippen LogP contribution in [0.5, 0.6) is 0 Å². The Labute approximate surface area is 120 Å². The van der Waals surface area contributed by atoms with Crippen molar-refractivity contribution in [3.63, 3.8) is 0 Å². The number of ketones is 1. The summed E-state index contributed by atoms with van der Waals surface area (Å²) in [6.07, 6.45) is 3.75. The average Bonchev–Trinajstić information content (AvgIpc) is 2.38. The number of carbonyl (C=O) groups is 2. The smallest absolute Gasteiger partial charge is 0.321 e. The summed E-state index contributed by atoms with van der Waals surface area (Å²) in [5.74, 6) is 0.698. The summed E-state index contributed by atoms with van der Waals surface area (Å²) >= 11 is 0. The van der Waals surface area contributed by atoms with Gasteiger partial charge in [0.05, 0.1) is 0 Å². The van der Waals surface area contributed by atoms with Gasteiger partial charge in [0.25, 0.3) is 0 Å². The molecule has 2 amide bonds. The molecule has 108 valence electrons. The zero-order valence-corrected chi connectivity index (χ0v) is 12.2. The molecule has 0 unspecified atom stereocenters. The van der Waals surface area contributed by atoms with E-state index in [4.69, 9.17) is 0 Å². The van der Waals surface area contributed by atoms with Gasteiger partial charge < -0.3 is 10.2 Å². The lowest BCUT2D eigenvalue weighted by atomic mass is 9.85. The van der Waals surface area contributed by atoms with Crippen LogP contribution in [0.4, 0.5) is 10.5 Å². The van der Waals surface area contributed by atoms with Gasteiger partial charge in [0.15, 0.2) is 5.78 Å². The summed E-state index contributed by atoms with van der Waals surface area (Å²) in [6.45, 7) is 5.09. The van der Waals surface area contributed by atoms with Gasteiger partial charge in [-0.2, -0.15) is 0 Å². The Morgan fingerprint density at radius 3 is 2.35 bits per heavy atom. The third kappa shape index (κ3) is 3.59. The van der Waals surface area contributed by atoms with Crippen LogP contribution in [-0.4, -0.2) is 29.8 Å². The molecule has 0 atom stereocenters. The second-order valence-electron chi connectivity index (χ2n) is 5.40. The van der Waals surface area contributed by atoms with E-state index in [1.807, 2.05) is 11.8 Å². The molecule has 0 bridgehead atoms. The molecular formula is C16H22N2O2. The van der Waals surface area contributed by atoms with Crippen LogP contribution in [0, 0.1) is 5.92 Å². The topological polar surface area (TPSA) is 49.4 Å². The zero-order valence-electron chi connectivity index (χ0n) is 12.2. The van der Waals surface area contributed by atoms with Gasteiger partial charge in [-0.25, -0.2) is 4.79 Å². The molecule has 1 saturated carbocycles. The molecule has 0 heterocycles. The monoisotopic (exact) mass is 274 g/mol. The second kappa shape index (κ2) is 6.55. The summed E-state index contributed by atoms with van der Waals surface area (Å²) in [5.41, 5.74) is 1.39. The van der Waals surface area contributed by atoms with Crippen LogP contribution < -0.4 is 5.32 Å². The fourth-order valence-electron chi connectivity index (χ4n) is 2.33. The van der Waals surface area contributed by atoms with Crippen LogP contribution in [0.2, 0.25) is 0 Å². The Morgan fingerprint density at radius 2 is 1.90 bits per heavy atom. The highest BCUT2D eigenvalue weighted by Crippen LogP contribution is 2.27. The number of hydrogen-bond donors (Lipinski definition) is 1. The van der Waals surface area contributed by atoms with Crippen molar-refractivity contribution < 1.29 is 9.59 Å². The zero-order chi connectivity index (χ0) is 14.5. The van der Waals surface area contributed by atoms with Crippen LogP contribution in [0.3, 0.4) is 0 Å². The van der Waals surface area contributed by atoms with Crippen molar-refractivity contribution in [3.8, 4) is 0 Å². The average molecular weight is 274 g/mol. The number of rotatable bonds is 5. The Hall–Kier alpha value is -1.84. The van der Waals surface area contributed by atoms with E-state index in [2.05, 4.69) is 5.32 Å². The van der Waals surface area contributed by atoms with E-state index in [-0.39, 0.29) is 11.8 Å². The lowest BCUT2D eigenvalue weighted by molar-refractivity contribution is 0.101. The Bertz CT molecular complexity index is 478. The predicted molar refractivity (Wildman–Crippen MR) is 80.1 cm³/mol.